The van der Waals surface area contributed by atoms with Crippen LogP contribution in [0.3, 0.4) is 0 Å². The van der Waals surface area contributed by atoms with Crippen LogP contribution < -0.4 is 10.1 Å². The van der Waals surface area contributed by atoms with Gasteiger partial charge in [0.05, 0.1) is 6.42 Å². The zero-order chi connectivity index (χ0) is 25.5. The topological polar surface area (TPSA) is 95.9 Å². The number of benzene rings is 1. The number of likely N-dealkylation sites (tertiary alicyclic amines) is 1. The van der Waals surface area contributed by atoms with E-state index in [0.717, 1.165) is 25.9 Å². The molecule has 1 saturated heterocycles. The van der Waals surface area contributed by atoms with E-state index in [0.29, 0.717) is 5.75 Å². The minimum absolute atomic E-state index is 0. The number of rotatable bonds is 10. The smallest absolute Gasteiger partial charge is 0.326 e. The molecule has 35 heavy (non-hydrogen) atoms. The fraction of sp³-hybridized carbons (Fsp3) is 0.667. The number of esters is 1. The summed E-state index contributed by atoms with van der Waals surface area (Å²) in [4.78, 5) is 38.9. The van der Waals surface area contributed by atoms with Crippen molar-refractivity contribution in [3.63, 3.8) is 0 Å². The number of amides is 1. The summed E-state index contributed by atoms with van der Waals surface area (Å²) in [6.07, 6.45) is 4.58. The number of likely N-dealkylation sites (N-methyl/N-ethyl adjacent to an activating group) is 1. The predicted molar refractivity (Wildman–Crippen MR) is 143 cm³/mol. The van der Waals surface area contributed by atoms with Crippen molar-refractivity contribution in [2.45, 2.75) is 84.6 Å². The maximum Gasteiger partial charge on any atom is 0.326 e. The molecule has 1 amide bonds. The van der Waals surface area contributed by atoms with Gasteiger partial charge in [0.2, 0.25) is 5.91 Å². The molecule has 2 atom stereocenters. The number of carboxylic acids is 1. The van der Waals surface area contributed by atoms with Crippen LogP contribution in [0.1, 0.15) is 78.7 Å². The number of hydrogen-bond acceptors (Lipinski definition) is 5. The molecule has 0 radical (unpaired) electrons. The van der Waals surface area contributed by atoms with E-state index in [1.807, 2.05) is 26.0 Å². The average Bonchev–Trinajstić information content (AvgIpc) is 2.92. The predicted octanol–water partition coefficient (Wildman–Crippen LogP) is 4.50. The Bertz CT molecular complexity index is 873. The Balaban J connectivity index is 0.00000612. The summed E-state index contributed by atoms with van der Waals surface area (Å²) in [6.45, 7) is 11.4. The van der Waals surface area contributed by atoms with Gasteiger partial charge in [-0.25, -0.2) is 4.79 Å². The Kier molecular flexibility index (Phi) is 11.8. The summed E-state index contributed by atoms with van der Waals surface area (Å²) in [5, 5.41) is 11.9. The van der Waals surface area contributed by atoms with Crippen molar-refractivity contribution in [2.75, 3.05) is 20.1 Å². The van der Waals surface area contributed by atoms with Gasteiger partial charge in [0.25, 0.3) is 0 Å². The maximum absolute atomic E-state index is 12.7. The zero-order valence-electron chi connectivity index (χ0n) is 22.1. The number of carboxylic acid groups (broad SMARTS) is 1. The number of carbonyl (C=O) groups is 3. The van der Waals surface area contributed by atoms with E-state index in [9.17, 15) is 19.5 Å². The molecule has 0 spiro atoms. The van der Waals surface area contributed by atoms with Crippen molar-refractivity contribution in [3.8, 4) is 5.75 Å². The first-order valence-corrected chi connectivity index (χ1v) is 12.4. The molecule has 1 aromatic carbocycles. The van der Waals surface area contributed by atoms with E-state index in [4.69, 9.17) is 4.74 Å². The van der Waals surface area contributed by atoms with Gasteiger partial charge in [-0.1, -0.05) is 53.2 Å². The molecule has 1 fully saturated rings. The lowest BCUT2D eigenvalue weighted by atomic mass is 9.74. The van der Waals surface area contributed by atoms with Crippen molar-refractivity contribution < 1.29 is 24.2 Å². The first kappa shape index (κ1) is 31.0. The van der Waals surface area contributed by atoms with E-state index in [-0.39, 0.29) is 43.6 Å². The lowest BCUT2D eigenvalue weighted by Crippen LogP contribution is -2.45. The molecule has 2 N–H and O–H groups in total. The van der Waals surface area contributed by atoms with Crippen molar-refractivity contribution >= 4 is 31.3 Å². The molecule has 0 bridgehead atoms. The average molecular weight is 509 g/mol. The second kappa shape index (κ2) is 13.3. The SMILES string of the molecule is CCC1(c2cccc(OC(=O)CC(C)(C)CC(=O)N[C@H](C(=O)O)C(C)C)c2)CCCCN(C)C1.S. The first-order chi connectivity index (χ1) is 15.9. The van der Waals surface area contributed by atoms with Crippen LogP contribution in [0.4, 0.5) is 0 Å². The third-order valence-corrected chi connectivity index (χ3v) is 6.88. The van der Waals surface area contributed by atoms with Crippen LogP contribution in [0.25, 0.3) is 0 Å². The van der Waals surface area contributed by atoms with Crippen molar-refractivity contribution in [3.05, 3.63) is 29.8 Å². The molecule has 8 heteroatoms. The minimum Gasteiger partial charge on any atom is -0.480 e. The normalized spacial score (nSPS) is 19.9. The highest BCUT2D eigenvalue weighted by atomic mass is 32.1. The highest BCUT2D eigenvalue weighted by Gasteiger charge is 2.34. The van der Waals surface area contributed by atoms with Gasteiger partial charge >= 0.3 is 11.9 Å². The highest BCUT2D eigenvalue weighted by Crippen LogP contribution is 2.38. The molecule has 0 saturated carbocycles. The summed E-state index contributed by atoms with van der Waals surface area (Å²) < 4.78 is 5.69. The van der Waals surface area contributed by atoms with Gasteiger partial charge in [-0.3, -0.25) is 9.59 Å². The summed E-state index contributed by atoms with van der Waals surface area (Å²) in [5.74, 6) is -1.57. The van der Waals surface area contributed by atoms with Crippen LogP contribution in [-0.4, -0.2) is 54.0 Å². The number of aliphatic carboxylic acids is 1. The van der Waals surface area contributed by atoms with E-state index in [1.165, 1.54) is 18.4 Å². The number of hydrogen-bond donors (Lipinski definition) is 2. The van der Waals surface area contributed by atoms with Crippen molar-refractivity contribution in [2.24, 2.45) is 11.3 Å². The van der Waals surface area contributed by atoms with Crippen LogP contribution in [0.5, 0.6) is 5.75 Å². The molecule has 198 valence electrons. The molecule has 1 aromatic rings. The van der Waals surface area contributed by atoms with Gasteiger partial charge < -0.3 is 20.1 Å². The fourth-order valence-electron chi connectivity index (χ4n) is 4.93. The van der Waals surface area contributed by atoms with E-state index >= 15 is 0 Å². The second-order valence-corrected chi connectivity index (χ2v) is 11.0. The summed E-state index contributed by atoms with van der Waals surface area (Å²) in [5.41, 5.74) is 0.566. The molecule has 1 aliphatic heterocycles. The van der Waals surface area contributed by atoms with Crippen LogP contribution >= 0.6 is 13.5 Å². The molecular weight excluding hydrogens is 464 g/mol. The second-order valence-electron chi connectivity index (χ2n) is 11.0. The third-order valence-electron chi connectivity index (χ3n) is 6.88. The summed E-state index contributed by atoms with van der Waals surface area (Å²) >= 11 is 0. The van der Waals surface area contributed by atoms with Crippen molar-refractivity contribution in [1.82, 2.24) is 10.2 Å². The van der Waals surface area contributed by atoms with E-state index in [1.54, 1.807) is 19.9 Å². The Hall–Kier alpha value is -2.06. The summed E-state index contributed by atoms with van der Waals surface area (Å²) in [6, 6.07) is 6.90. The molecular formula is C27H44N2O5S. The Morgan fingerprint density at radius 2 is 1.89 bits per heavy atom. The molecule has 1 unspecified atom stereocenters. The van der Waals surface area contributed by atoms with Crippen LogP contribution in [0.2, 0.25) is 0 Å². The van der Waals surface area contributed by atoms with Gasteiger partial charge in [-0.05, 0) is 61.9 Å². The highest BCUT2D eigenvalue weighted by molar-refractivity contribution is 7.59. The van der Waals surface area contributed by atoms with Gasteiger partial charge in [0.15, 0.2) is 0 Å². The molecule has 1 aliphatic rings. The number of nitrogens with zero attached hydrogens (tertiary/aromatic N) is 1. The maximum atomic E-state index is 12.7. The fourth-order valence-corrected chi connectivity index (χ4v) is 4.93. The summed E-state index contributed by atoms with van der Waals surface area (Å²) in [7, 11) is 2.16. The van der Waals surface area contributed by atoms with E-state index < -0.39 is 23.4 Å². The molecule has 0 aromatic heterocycles. The van der Waals surface area contributed by atoms with Gasteiger partial charge in [-0.15, -0.1) is 0 Å². The molecule has 0 aliphatic carbocycles. The van der Waals surface area contributed by atoms with Crippen LogP contribution in [0.15, 0.2) is 24.3 Å². The van der Waals surface area contributed by atoms with Crippen molar-refractivity contribution in [1.29, 1.82) is 0 Å². The Morgan fingerprint density at radius 1 is 1.20 bits per heavy atom. The molecule has 7 nitrogen and oxygen atoms in total. The minimum atomic E-state index is -1.06. The van der Waals surface area contributed by atoms with Gasteiger partial charge in [-0.2, -0.15) is 13.5 Å². The monoisotopic (exact) mass is 508 g/mol. The lowest BCUT2D eigenvalue weighted by molar-refractivity contribution is -0.144. The largest absolute Gasteiger partial charge is 0.480 e. The third kappa shape index (κ3) is 9.15. The lowest BCUT2D eigenvalue weighted by Gasteiger charge is -2.35. The molecule has 1 heterocycles. The van der Waals surface area contributed by atoms with Gasteiger partial charge in [0.1, 0.15) is 11.8 Å². The first-order valence-electron chi connectivity index (χ1n) is 12.4. The standard InChI is InChI=1S/C27H42N2O5.H2S/c1-7-27(13-8-9-14-29(6)18-27)20-11-10-12-21(15-20)34-23(31)17-26(4,5)16-22(30)28-24(19(2)3)25(32)33;/h10-12,15,19,24H,7-9,13-14,16-18H2,1-6H3,(H,28,30)(H,32,33);1H2/t24-,27?;/m0./s1. The van der Waals surface area contributed by atoms with Crippen LogP contribution in [0, 0.1) is 11.3 Å². The van der Waals surface area contributed by atoms with E-state index in [2.05, 4.69) is 30.3 Å². The molecule has 2 rings (SSSR count). The number of ether oxygens (including phenoxy) is 1. The number of carbonyl (C=O) groups excluding carboxylic acids is 2. The quantitative estimate of drug-likeness (QED) is 0.357. The Morgan fingerprint density at radius 3 is 2.49 bits per heavy atom. The van der Waals surface area contributed by atoms with Crippen LogP contribution in [-0.2, 0) is 19.8 Å². The van der Waals surface area contributed by atoms with Gasteiger partial charge in [0, 0.05) is 18.4 Å². The number of nitrogens with one attached hydrogen (secondary N) is 1. The zero-order valence-corrected chi connectivity index (χ0v) is 23.1. The Labute approximate surface area is 217 Å².